The maximum Gasteiger partial charge on any atom is 0.264 e. The van der Waals surface area contributed by atoms with Crippen LogP contribution in [0.3, 0.4) is 0 Å². The van der Waals surface area contributed by atoms with Gasteiger partial charge in [-0.2, -0.15) is 0 Å². The highest BCUT2D eigenvalue weighted by molar-refractivity contribution is 6.30. The van der Waals surface area contributed by atoms with Gasteiger partial charge in [-0.05, 0) is 48.6 Å². The molecule has 0 amide bonds. The highest BCUT2D eigenvalue weighted by Crippen LogP contribution is 2.48. The molecule has 1 heterocycles. The number of halogens is 1. The van der Waals surface area contributed by atoms with E-state index in [1.807, 2.05) is 18.2 Å². The van der Waals surface area contributed by atoms with Crippen LogP contribution in [0.2, 0.25) is 5.02 Å². The van der Waals surface area contributed by atoms with Crippen LogP contribution in [0.15, 0.2) is 64.6 Å². The second-order valence-corrected chi connectivity index (χ2v) is 9.39. The number of hydrogen-bond donors (Lipinski definition) is 2. The number of aromatic nitrogens is 1. The van der Waals surface area contributed by atoms with Gasteiger partial charge in [0.15, 0.2) is 0 Å². The van der Waals surface area contributed by atoms with Crippen LogP contribution in [0.5, 0.6) is 17.2 Å². The van der Waals surface area contributed by atoms with Crippen LogP contribution in [0, 0.1) is 0 Å². The molecule has 3 aromatic rings. The van der Waals surface area contributed by atoms with E-state index in [0.717, 1.165) is 31.2 Å². The predicted molar refractivity (Wildman–Crippen MR) is 146 cm³/mol. The molecule has 1 saturated carbocycles. The topological polar surface area (TPSA) is 93.1 Å². The van der Waals surface area contributed by atoms with Gasteiger partial charge < -0.3 is 24.3 Å². The Morgan fingerprint density at radius 1 is 1.08 bits per heavy atom. The normalized spacial score (nSPS) is 14.0. The molecule has 8 heteroatoms. The van der Waals surface area contributed by atoms with Crippen LogP contribution in [0.4, 0.5) is 0 Å². The van der Waals surface area contributed by atoms with Crippen molar-refractivity contribution in [3.8, 4) is 28.4 Å². The SMILES string of the molecule is C=C(Cc1ccc(Cl)cc1)OC(=NC)c1c(O)c(-c2c(OC)cccc2OC)c(C2CCCC2)[nH]c1=O. The monoisotopic (exact) mass is 522 g/mol. The quantitative estimate of drug-likeness (QED) is 0.208. The minimum atomic E-state index is -0.489. The number of aromatic amines is 1. The third-order valence-corrected chi connectivity index (χ3v) is 6.88. The maximum atomic E-state index is 13.4. The first-order chi connectivity index (χ1) is 17.9. The first kappa shape index (κ1) is 26.4. The zero-order chi connectivity index (χ0) is 26.5. The summed E-state index contributed by atoms with van der Waals surface area (Å²) in [6.45, 7) is 3.99. The van der Waals surface area contributed by atoms with Crippen molar-refractivity contribution in [3.63, 3.8) is 0 Å². The van der Waals surface area contributed by atoms with Gasteiger partial charge in [0, 0.05) is 24.2 Å². The summed E-state index contributed by atoms with van der Waals surface area (Å²) >= 11 is 5.98. The zero-order valence-corrected chi connectivity index (χ0v) is 22.0. The number of rotatable bonds is 8. The largest absolute Gasteiger partial charge is 0.506 e. The van der Waals surface area contributed by atoms with E-state index in [2.05, 4.69) is 16.6 Å². The van der Waals surface area contributed by atoms with Gasteiger partial charge in [-0.1, -0.05) is 49.2 Å². The standard InChI is InChI=1S/C29H31ClN2O5/c1-17(16-18-12-14-20(30)15-13-18)37-29(31-2)25-27(33)24(23-21(35-3)10-7-11-22(23)36-4)26(32-28(25)34)19-8-5-6-9-19/h7,10-15,19H,1,5-6,8-9,16H2,2-4H3,(H2,32,33,34). The van der Waals surface area contributed by atoms with Gasteiger partial charge in [0.1, 0.15) is 28.6 Å². The molecule has 0 radical (unpaired) electrons. The molecule has 7 nitrogen and oxygen atoms in total. The summed E-state index contributed by atoms with van der Waals surface area (Å²) in [5.74, 6) is 1.18. The molecule has 0 unspecified atom stereocenters. The fraction of sp³-hybridized carbons (Fsp3) is 0.310. The van der Waals surface area contributed by atoms with Crippen molar-refractivity contribution >= 4 is 17.5 Å². The second kappa shape index (κ2) is 11.6. The van der Waals surface area contributed by atoms with Crippen molar-refractivity contribution in [1.29, 1.82) is 0 Å². The summed E-state index contributed by atoms with van der Waals surface area (Å²) in [5, 5.41) is 12.3. The van der Waals surface area contributed by atoms with Crippen molar-refractivity contribution in [2.45, 2.75) is 38.0 Å². The van der Waals surface area contributed by atoms with Crippen molar-refractivity contribution in [2.24, 2.45) is 4.99 Å². The van der Waals surface area contributed by atoms with Crippen LogP contribution >= 0.6 is 11.6 Å². The van der Waals surface area contributed by atoms with Crippen LogP contribution in [0.1, 0.15) is 48.4 Å². The van der Waals surface area contributed by atoms with Crippen LogP contribution in [0.25, 0.3) is 11.1 Å². The number of ether oxygens (including phenoxy) is 3. The molecule has 1 fully saturated rings. The summed E-state index contributed by atoms with van der Waals surface area (Å²) in [4.78, 5) is 20.6. The smallest absolute Gasteiger partial charge is 0.264 e. The van der Waals surface area contributed by atoms with Crippen molar-refractivity contribution in [1.82, 2.24) is 4.98 Å². The molecule has 4 rings (SSSR count). The summed E-state index contributed by atoms with van der Waals surface area (Å²) < 4.78 is 17.2. The third-order valence-electron chi connectivity index (χ3n) is 6.63. The predicted octanol–water partition coefficient (Wildman–Crippen LogP) is 6.23. The summed E-state index contributed by atoms with van der Waals surface area (Å²) in [6.07, 6.45) is 4.28. The average Bonchev–Trinajstić information content (AvgIpc) is 3.43. The van der Waals surface area contributed by atoms with Crippen LogP contribution in [-0.4, -0.2) is 37.3 Å². The number of nitrogens with zero attached hydrogens (tertiary/aromatic N) is 1. The van der Waals surface area contributed by atoms with Gasteiger partial charge in [0.2, 0.25) is 5.90 Å². The number of allylic oxidation sites excluding steroid dienone is 1. The highest BCUT2D eigenvalue weighted by atomic mass is 35.5. The molecule has 2 aromatic carbocycles. The number of H-pyrrole nitrogens is 1. The number of pyridine rings is 1. The fourth-order valence-corrected chi connectivity index (χ4v) is 5.01. The van der Waals surface area contributed by atoms with E-state index in [1.165, 1.54) is 7.05 Å². The van der Waals surface area contributed by atoms with Crippen molar-refractivity contribution in [3.05, 3.63) is 87.0 Å². The molecule has 0 bridgehead atoms. The van der Waals surface area contributed by atoms with Crippen molar-refractivity contribution in [2.75, 3.05) is 21.3 Å². The Kier molecular flexibility index (Phi) is 8.24. The highest BCUT2D eigenvalue weighted by Gasteiger charge is 2.31. The maximum absolute atomic E-state index is 13.4. The van der Waals surface area contributed by atoms with E-state index in [0.29, 0.717) is 45.5 Å². The van der Waals surface area contributed by atoms with Gasteiger partial charge >= 0.3 is 0 Å². The van der Waals surface area contributed by atoms with E-state index >= 15 is 0 Å². The lowest BCUT2D eigenvalue weighted by molar-refractivity contribution is 0.394. The van der Waals surface area contributed by atoms with E-state index in [-0.39, 0.29) is 23.1 Å². The first-order valence-electron chi connectivity index (χ1n) is 12.2. The molecule has 1 aromatic heterocycles. The number of nitrogens with one attached hydrogen (secondary N) is 1. The molecule has 37 heavy (non-hydrogen) atoms. The molecule has 0 atom stereocenters. The van der Waals surface area contributed by atoms with E-state index in [4.69, 9.17) is 25.8 Å². The Morgan fingerprint density at radius 3 is 2.27 bits per heavy atom. The Balaban J connectivity index is 1.83. The fourth-order valence-electron chi connectivity index (χ4n) is 4.89. The van der Waals surface area contributed by atoms with E-state index in [1.54, 1.807) is 38.5 Å². The number of hydrogen-bond acceptors (Lipinski definition) is 6. The molecule has 0 saturated heterocycles. The third kappa shape index (κ3) is 5.52. The molecular formula is C29H31ClN2O5. The zero-order valence-electron chi connectivity index (χ0n) is 21.3. The molecule has 0 spiro atoms. The van der Waals surface area contributed by atoms with Gasteiger partial charge in [0.05, 0.1) is 25.3 Å². The lowest BCUT2D eigenvalue weighted by atomic mass is 9.91. The molecule has 1 aliphatic carbocycles. The number of aliphatic imine (C=N–C) groups is 1. The average molecular weight is 523 g/mol. The molecule has 0 aliphatic heterocycles. The lowest BCUT2D eigenvalue weighted by Crippen LogP contribution is -2.24. The Hall–Kier alpha value is -3.71. The van der Waals surface area contributed by atoms with Gasteiger partial charge in [0.25, 0.3) is 5.56 Å². The first-order valence-corrected chi connectivity index (χ1v) is 12.5. The number of benzene rings is 2. The van der Waals surface area contributed by atoms with Gasteiger partial charge in [-0.15, -0.1) is 0 Å². The van der Waals surface area contributed by atoms with Gasteiger partial charge in [-0.3, -0.25) is 9.79 Å². The molecule has 194 valence electrons. The second-order valence-electron chi connectivity index (χ2n) is 8.96. The van der Waals surface area contributed by atoms with Crippen LogP contribution < -0.4 is 15.0 Å². The summed E-state index contributed by atoms with van der Waals surface area (Å²) in [5.41, 5.74) is 2.02. The Morgan fingerprint density at radius 2 is 1.70 bits per heavy atom. The van der Waals surface area contributed by atoms with Crippen LogP contribution in [-0.2, 0) is 11.2 Å². The lowest BCUT2D eigenvalue weighted by Gasteiger charge is -2.22. The minimum absolute atomic E-state index is 0.0363. The molecule has 2 N–H and O–H groups in total. The molecular weight excluding hydrogens is 492 g/mol. The van der Waals surface area contributed by atoms with Crippen molar-refractivity contribution < 1.29 is 19.3 Å². The summed E-state index contributed by atoms with van der Waals surface area (Å²) in [7, 11) is 4.61. The number of methoxy groups -OCH3 is 2. The summed E-state index contributed by atoms with van der Waals surface area (Å²) in [6, 6.07) is 12.7. The number of aromatic hydroxyl groups is 1. The van der Waals surface area contributed by atoms with Gasteiger partial charge in [-0.25, -0.2) is 0 Å². The Labute approximate surface area is 221 Å². The van der Waals surface area contributed by atoms with E-state index < -0.39 is 5.56 Å². The van der Waals surface area contributed by atoms with E-state index in [9.17, 15) is 9.90 Å². The Bertz CT molecular complexity index is 1350. The minimum Gasteiger partial charge on any atom is -0.506 e. The molecule has 1 aliphatic rings.